The predicted molar refractivity (Wildman–Crippen MR) is 99.5 cm³/mol. The van der Waals surface area contributed by atoms with Crippen LogP contribution in [0.5, 0.6) is 0 Å². The number of hydrogen-bond donors (Lipinski definition) is 1. The summed E-state index contributed by atoms with van der Waals surface area (Å²) in [6.45, 7) is 8.72. The standard InChI is InChI=1S/C19H28N4O3/c1-5-26-19(25)16(11-13(2)3)22-18(24)7-6-10-23-14(4)21-15-8-9-20-12-17(15)23/h8-9,12-13,16H,5-7,10-11H2,1-4H3,(H,22,24)/t16-/m0/s1. The lowest BCUT2D eigenvalue weighted by Crippen LogP contribution is -2.42. The van der Waals surface area contributed by atoms with E-state index in [4.69, 9.17) is 4.74 Å². The topological polar surface area (TPSA) is 86.1 Å². The number of aromatic nitrogens is 3. The Balaban J connectivity index is 1.90. The molecule has 7 nitrogen and oxygen atoms in total. The average Bonchev–Trinajstić information content (AvgIpc) is 2.90. The molecule has 0 saturated heterocycles. The highest BCUT2D eigenvalue weighted by Gasteiger charge is 2.22. The van der Waals surface area contributed by atoms with Crippen molar-refractivity contribution in [1.29, 1.82) is 0 Å². The van der Waals surface area contributed by atoms with Crippen molar-refractivity contribution < 1.29 is 14.3 Å². The van der Waals surface area contributed by atoms with Crippen molar-refractivity contribution in [3.05, 3.63) is 24.3 Å². The molecule has 2 heterocycles. The number of hydrogen-bond acceptors (Lipinski definition) is 5. The fourth-order valence-corrected chi connectivity index (χ4v) is 2.97. The fourth-order valence-electron chi connectivity index (χ4n) is 2.97. The molecule has 2 rings (SSSR count). The van der Waals surface area contributed by atoms with Gasteiger partial charge in [-0.25, -0.2) is 9.78 Å². The zero-order valence-electron chi connectivity index (χ0n) is 16.0. The van der Waals surface area contributed by atoms with Gasteiger partial charge in [0.1, 0.15) is 11.9 Å². The van der Waals surface area contributed by atoms with E-state index in [-0.39, 0.29) is 17.8 Å². The molecule has 2 aromatic heterocycles. The second-order valence-corrected chi connectivity index (χ2v) is 6.78. The lowest BCUT2D eigenvalue weighted by Gasteiger charge is -2.19. The summed E-state index contributed by atoms with van der Waals surface area (Å²) < 4.78 is 7.12. The highest BCUT2D eigenvalue weighted by Crippen LogP contribution is 2.15. The van der Waals surface area contributed by atoms with E-state index in [0.29, 0.717) is 32.4 Å². The third kappa shape index (κ3) is 5.28. The maximum atomic E-state index is 12.3. The van der Waals surface area contributed by atoms with Gasteiger partial charge in [0.2, 0.25) is 5.91 Å². The molecule has 0 aliphatic heterocycles. The molecule has 1 N–H and O–H groups in total. The maximum absolute atomic E-state index is 12.3. The quantitative estimate of drug-likeness (QED) is 0.695. The third-order valence-corrected chi connectivity index (χ3v) is 4.14. The Hall–Kier alpha value is -2.44. The van der Waals surface area contributed by atoms with Gasteiger partial charge in [0.05, 0.1) is 23.8 Å². The van der Waals surface area contributed by atoms with Gasteiger partial charge in [0.25, 0.3) is 0 Å². The van der Waals surface area contributed by atoms with Gasteiger partial charge in [0.15, 0.2) is 0 Å². The van der Waals surface area contributed by atoms with Gasteiger partial charge in [-0.1, -0.05) is 13.8 Å². The van der Waals surface area contributed by atoms with Crippen LogP contribution in [0.15, 0.2) is 18.5 Å². The minimum atomic E-state index is -0.581. The Morgan fingerprint density at radius 2 is 2.12 bits per heavy atom. The van der Waals surface area contributed by atoms with E-state index < -0.39 is 6.04 Å². The fraction of sp³-hybridized carbons (Fsp3) is 0.579. The molecule has 0 aliphatic carbocycles. The van der Waals surface area contributed by atoms with Gasteiger partial charge >= 0.3 is 5.97 Å². The zero-order valence-corrected chi connectivity index (χ0v) is 16.0. The van der Waals surface area contributed by atoms with E-state index in [9.17, 15) is 9.59 Å². The number of nitrogens with one attached hydrogen (secondary N) is 1. The molecular weight excluding hydrogens is 332 g/mol. The van der Waals surface area contributed by atoms with Gasteiger partial charge in [-0.2, -0.15) is 0 Å². The van der Waals surface area contributed by atoms with E-state index in [0.717, 1.165) is 16.9 Å². The summed E-state index contributed by atoms with van der Waals surface area (Å²) in [5, 5.41) is 2.81. The summed E-state index contributed by atoms with van der Waals surface area (Å²) in [5.41, 5.74) is 1.87. The molecular formula is C19H28N4O3. The lowest BCUT2D eigenvalue weighted by molar-refractivity contribution is -0.147. The van der Waals surface area contributed by atoms with Crippen LogP contribution in [0.1, 0.15) is 45.9 Å². The van der Waals surface area contributed by atoms with Crippen molar-refractivity contribution in [2.45, 2.75) is 59.5 Å². The van der Waals surface area contributed by atoms with Gasteiger partial charge in [-0.3, -0.25) is 9.78 Å². The van der Waals surface area contributed by atoms with Crippen LogP contribution >= 0.6 is 0 Å². The molecule has 0 unspecified atom stereocenters. The number of amides is 1. The predicted octanol–water partition coefficient (Wildman–Crippen LogP) is 2.61. The summed E-state index contributed by atoms with van der Waals surface area (Å²) >= 11 is 0. The number of esters is 1. The van der Waals surface area contributed by atoms with Gasteiger partial charge in [-0.05, 0) is 38.7 Å². The summed E-state index contributed by atoms with van der Waals surface area (Å²) in [7, 11) is 0. The third-order valence-electron chi connectivity index (χ3n) is 4.14. The summed E-state index contributed by atoms with van der Waals surface area (Å²) in [5.74, 6) is 0.691. The molecule has 7 heteroatoms. The molecule has 0 aliphatic rings. The van der Waals surface area contributed by atoms with E-state index in [2.05, 4.69) is 19.9 Å². The van der Waals surface area contributed by atoms with Crippen molar-refractivity contribution in [3.8, 4) is 0 Å². The zero-order chi connectivity index (χ0) is 19.1. The minimum Gasteiger partial charge on any atom is -0.464 e. The number of carbonyl (C=O) groups excluding carboxylic acids is 2. The van der Waals surface area contributed by atoms with Crippen molar-refractivity contribution in [3.63, 3.8) is 0 Å². The Labute approximate surface area is 154 Å². The number of carbonyl (C=O) groups is 2. The summed E-state index contributed by atoms with van der Waals surface area (Å²) in [4.78, 5) is 32.9. The molecule has 142 valence electrons. The monoisotopic (exact) mass is 360 g/mol. The molecule has 0 aromatic carbocycles. The Morgan fingerprint density at radius 1 is 1.35 bits per heavy atom. The number of rotatable bonds is 9. The minimum absolute atomic E-state index is 0.135. The van der Waals surface area contributed by atoms with Crippen molar-refractivity contribution in [2.75, 3.05) is 6.61 Å². The van der Waals surface area contributed by atoms with Crippen molar-refractivity contribution in [2.24, 2.45) is 5.92 Å². The van der Waals surface area contributed by atoms with E-state index in [1.807, 2.05) is 26.8 Å². The number of imidazole rings is 1. The molecule has 2 aromatic rings. The van der Waals surface area contributed by atoms with Crippen LogP contribution in [0.2, 0.25) is 0 Å². The van der Waals surface area contributed by atoms with Gasteiger partial charge in [-0.15, -0.1) is 0 Å². The average molecular weight is 360 g/mol. The molecule has 0 fully saturated rings. The number of nitrogens with zero attached hydrogens (tertiary/aromatic N) is 3. The lowest BCUT2D eigenvalue weighted by atomic mass is 10.0. The smallest absolute Gasteiger partial charge is 0.328 e. The number of fused-ring (bicyclic) bond motifs is 1. The second kappa shape index (κ2) is 9.31. The number of aryl methyl sites for hydroxylation is 2. The summed E-state index contributed by atoms with van der Waals surface area (Å²) in [6.07, 6.45) is 5.07. The van der Waals surface area contributed by atoms with E-state index >= 15 is 0 Å². The second-order valence-electron chi connectivity index (χ2n) is 6.78. The van der Waals surface area contributed by atoms with Gasteiger partial charge < -0.3 is 14.6 Å². The molecule has 0 radical (unpaired) electrons. The van der Waals surface area contributed by atoms with Crippen LogP contribution in [0.25, 0.3) is 11.0 Å². The molecule has 0 spiro atoms. The normalized spacial score (nSPS) is 12.3. The largest absolute Gasteiger partial charge is 0.464 e. The van der Waals surface area contributed by atoms with Crippen LogP contribution in [0.4, 0.5) is 0 Å². The van der Waals surface area contributed by atoms with Crippen LogP contribution in [-0.2, 0) is 20.9 Å². The number of ether oxygens (including phenoxy) is 1. The Bertz CT molecular complexity index is 754. The first-order valence-corrected chi connectivity index (χ1v) is 9.15. The highest BCUT2D eigenvalue weighted by atomic mass is 16.5. The van der Waals surface area contributed by atoms with Gasteiger partial charge in [0, 0.05) is 19.2 Å². The Kier molecular flexibility index (Phi) is 7.12. The van der Waals surface area contributed by atoms with E-state index in [1.54, 1.807) is 19.3 Å². The van der Waals surface area contributed by atoms with Crippen molar-refractivity contribution in [1.82, 2.24) is 19.9 Å². The molecule has 1 atom stereocenters. The van der Waals surface area contributed by atoms with Crippen LogP contribution in [-0.4, -0.2) is 39.1 Å². The van der Waals surface area contributed by atoms with Crippen LogP contribution < -0.4 is 5.32 Å². The SMILES string of the molecule is CCOC(=O)[C@H](CC(C)C)NC(=O)CCCn1c(C)nc2ccncc21. The molecule has 1 amide bonds. The van der Waals surface area contributed by atoms with Crippen LogP contribution in [0, 0.1) is 12.8 Å². The maximum Gasteiger partial charge on any atom is 0.328 e. The molecule has 0 bridgehead atoms. The number of pyridine rings is 1. The Morgan fingerprint density at radius 3 is 2.81 bits per heavy atom. The molecule has 26 heavy (non-hydrogen) atoms. The molecule has 0 saturated carbocycles. The summed E-state index contributed by atoms with van der Waals surface area (Å²) in [6, 6.07) is 1.30. The highest BCUT2D eigenvalue weighted by molar-refractivity contribution is 5.84. The first-order chi connectivity index (χ1) is 12.4. The first-order valence-electron chi connectivity index (χ1n) is 9.15. The van der Waals surface area contributed by atoms with Crippen LogP contribution in [0.3, 0.4) is 0 Å². The van der Waals surface area contributed by atoms with E-state index in [1.165, 1.54) is 0 Å². The first kappa shape index (κ1) is 19.9. The van der Waals surface area contributed by atoms with Crippen molar-refractivity contribution >= 4 is 22.9 Å².